The third-order valence-corrected chi connectivity index (χ3v) is 2.99. The Morgan fingerprint density at radius 3 is 2.62 bits per heavy atom. The molecule has 2 atom stereocenters. The zero-order valence-electron chi connectivity index (χ0n) is 13.9. The Hall–Kier alpha value is -2.83. The van der Waals surface area contributed by atoms with Gasteiger partial charge in [-0.05, 0) is 24.6 Å². The van der Waals surface area contributed by atoms with Crippen molar-refractivity contribution < 1.29 is 28.6 Å². The van der Waals surface area contributed by atoms with Crippen molar-refractivity contribution in [1.82, 2.24) is 5.32 Å². The highest BCUT2D eigenvalue weighted by atomic mass is 16.5. The summed E-state index contributed by atoms with van der Waals surface area (Å²) in [6.07, 6.45) is 0.558. The summed E-state index contributed by atoms with van der Waals surface area (Å²) in [6, 6.07) is 5.62. The van der Waals surface area contributed by atoms with Gasteiger partial charge >= 0.3 is 11.9 Å². The molecule has 1 aromatic rings. The Bertz CT molecular complexity index is 613. The standard InChI is InChI=1S/C17H21NO6/c1-5-9-23-14-8-6-7-13(10-14)15(17(21)22-4)18-16(20)11(2)24-12(3)19/h5-8,10-11,15H,1,9H2,2-4H3,(H,18,20)/t11-,15+/m0/s1. The summed E-state index contributed by atoms with van der Waals surface area (Å²) < 4.78 is 14.9. The molecule has 0 unspecified atom stereocenters. The van der Waals surface area contributed by atoms with Crippen molar-refractivity contribution >= 4 is 17.8 Å². The van der Waals surface area contributed by atoms with Gasteiger partial charge in [0.2, 0.25) is 0 Å². The van der Waals surface area contributed by atoms with Crippen LogP contribution in [0.15, 0.2) is 36.9 Å². The first-order valence-electron chi connectivity index (χ1n) is 7.28. The van der Waals surface area contributed by atoms with Crippen molar-refractivity contribution in [2.45, 2.75) is 26.0 Å². The molecular weight excluding hydrogens is 314 g/mol. The number of carbonyl (C=O) groups is 3. The van der Waals surface area contributed by atoms with E-state index in [0.717, 1.165) is 0 Å². The van der Waals surface area contributed by atoms with Crippen molar-refractivity contribution in [2.24, 2.45) is 0 Å². The number of amides is 1. The molecule has 130 valence electrons. The molecule has 1 aromatic carbocycles. The van der Waals surface area contributed by atoms with Crippen molar-refractivity contribution in [1.29, 1.82) is 0 Å². The lowest BCUT2D eigenvalue weighted by molar-refractivity contribution is -0.154. The quantitative estimate of drug-likeness (QED) is 0.572. The zero-order valence-corrected chi connectivity index (χ0v) is 13.9. The second kappa shape index (κ2) is 9.34. The van der Waals surface area contributed by atoms with Crippen LogP contribution in [-0.4, -0.2) is 37.7 Å². The van der Waals surface area contributed by atoms with E-state index in [9.17, 15) is 14.4 Å². The molecule has 0 heterocycles. The molecule has 1 amide bonds. The van der Waals surface area contributed by atoms with Gasteiger partial charge in [-0.1, -0.05) is 24.8 Å². The van der Waals surface area contributed by atoms with Crippen LogP contribution in [0, 0.1) is 0 Å². The van der Waals surface area contributed by atoms with Crippen LogP contribution < -0.4 is 10.1 Å². The third kappa shape index (κ3) is 5.75. The average molecular weight is 335 g/mol. The smallest absolute Gasteiger partial charge is 0.333 e. The number of nitrogens with one attached hydrogen (secondary N) is 1. The minimum absolute atomic E-state index is 0.308. The highest BCUT2D eigenvalue weighted by Crippen LogP contribution is 2.21. The topological polar surface area (TPSA) is 90.9 Å². The van der Waals surface area contributed by atoms with Gasteiger partial charge in [0.1, 0.15) is 12.4 Å². The lowest BCUT2D eigenvalue weighted by atomic mass is 10.1. The molecule has 7 nitrogen and oxygen atoms in total. The van der Waals surface area contributed by atoms with Gasteiger partial charge in [0.25, 0.3) is 5.91 Å². The fraction of sp³-hybridized carbons (Fsp3) is 0.353. The lowest BCUT2D eigenvalue weighted by Gasteiger charge is -2.20. The Morgan fingerprint density at radius 2 is 2.04 bits per heavy atom. The molecule has 0 saturated heterocycles. The average Bonchev–Trinajstić information content (AvgIpc) is 2.56. The van der Waals surface area contributed by atoms with Crippen LogP contribution in [0.5, 0.6) is 5.75 Å². The summed E-state index contributed by atoms with van der Waals surface area (Å²) >= 11 is 0. The molecule has 0 aliphatic rings. The van der Waals surface area contributed by atoms with Gasteiger partial charge in [-0.3, -0.25) is 9.59 Å². The number of benzene rings is 1. The van der Waals surface area contributed by atoms with E-state index in [2.05, 4.69) is 11.9 Å². The fourth-order valence-electron chi connectivity index (χ4n) is 1.90. The second-order valence-corrected chi connectivity index (χ2v) is 4.89. The minimum Gasteiger partial charge on any atom is -0.490 e. The maximum atomic E-state index is 12.1. The van der Waals surface area contributed by atoms with Gasteiger partial charge in [-0.15, -0.1) is 0 Å². The number of carbonyl (C=O) groups excluding carboxylic acids is 3. The molecule has 0 aromatic heterocycles. The van der Waals surface area contributed by atoms with E-state index in [-0.39, 0.29) is 0 Å². The summed E-state index contributed by atoms with van der Waals surface area (Å²) in [6.45, 7) is 6.48. The third-order valence-electron chi connectivity index (χ3n) is 2.99. The molecule has 0 spiro atoms. The first kappa shape index (κ1) is 19.2. The van der Waals surface area contributed by atoms with Crippen LogP contribution in [0.1, 0.15) is 25.5 Å². The number of methoxy groups -OCH3 is 1. The fourth-order valence-corrected chi connectivity index (χ4v) is 1.90. The predicted octanol–water partition coefficient (Wildman–Crippen LogP) is 1.53. The molecule has 0 fully saturated rings. The van der Waals surface area contributed by atoms with Crippen LogP contribution in [0.25, 0.3) is 0 Å². The van der Waals surface area contributed by atoms with E-state index in [1.807, 2.05) is 0 Å². The molecule has 0 bridgehead atoms. The van der Waals surface area contributed by atoms with Crippen LogP contribution >= 0.6 is 0 Å². The normalized spacial score (nSPS) is 12.5. The van der Waals surface area contributed by atoms with E-state index in [1.54, 1.807) is 30.3 Å². The number of hydrogen-bond acceptors (Lipinski definition) is 6. The Morgan fingerprint density at radius 1 is 1.33 bits per heavy atom. The van der Waals surface area contributed by atoms with E-state index in [4.69, 9.17) is 14.2 Å². The monoisotopic (exact) mass is 335 g/mol. The second-order valence-electron chi connectivity index (χ2n) is 4.89. The largest absolute Gasteiger partial charge is 0.490 e. The van der Waals surface area contributed by atoms with Crippen LogP contribution in [-0.2, 0) is 23.9 Å². The van der Waals surface area contributed by atoms with E-state index in [1.165, 1.54) is 21.0 Å². The first-order chi connectivity index (χ1) is 11.4. The highest BCUT2D eigenvalue weighted by Gasteiger charge is 2.27. The van der Waals surface area contributed by atoms with Crippen LogP contribution in [0.2, 0.25) is 0 Å². The van der Waals surface area contributed by atoms with Crippen LogP contribution in [0.3, 0.4) is 0 Å². The summed E-state index contributed by atoms with van der Waals surface area (Å²) in [5, 5.41) is 2.51. The number of ether oxygens (including phenoxy) is 3. The van der Waals surface area contributed by atoms with Gasteiger partial charge in [0.15, 0.2) is 12.1 Å². The molecule has 1 rings (SSSR count). The summed E-state index contributed by atoms with van der Waals surface area (Å²) in [5.74, 6) is -1.34. The summed E-state index contributed by atoms with van der Waals surface area (Å²) in [4.78, 5) is 35.0. The number of rotatable bonds is 8. The number of hydrogen-bond donors (Lipinski definition) is 1. The van der Waals surface area contributed by atoms with E-state index >= 15 is 0 Å². The van der Waals surface area contributed by atoms with Crippen molar-refractivity contribution in [3.05, 3.63) is 42.5 Å². The zero-order chi connectivity index (χ0) is 18.1. The minimum atomic E-state index is -1.05. The molecule has 0 aliphatic carbocycles. The van der Waals surface area contributed by atoms with Gasteiger partial charge in [-0.25, -0.2) is 4.79 Å². The SMILES string of the molecule is C=CCOc1cccc([C@@H](NC(=O)[C@H](C)OC(C)=O)C(=O)OC)c1. The molecule has 0 aliphatic heterocycles. The molecule has 0 saturated carbocycles. The van der Waals surface area contributed by atoms with Gasteiger partial charge in [0.05, 0.1) is 7.11 Å². The number of esters is 2. The predicted molar refractivity (Wildman–Crippen MR) is 86.3 cm³/mol. The molecular formula is C17H21NO6. The maximum absolute atomic E-state index is 12.1. The Balaban J connectivity index is 2.97. The highest BCUT2D eigenvalue weighted by molar-refractivity contribution is 5.88. The van der Waals surface area contributed by atoms with Gasteiger partial charge < -0.3 is 19.5 Å². The lowest BCUT2D eigenvalue weighted by Crippen LogP contribution is -2.41. The Kier molecular flexibility index (Phi) is 7.48. The van der Waals surface area contributed by atoms with Gasteiger partial charge in [0, 0.05) is 6.92 Å². The van der Waals surface area contributed by atoms with Crippen molar-refractivity contribution in [3.8, 4) is 5.75 Å². The molecule has 7 heteroatoms. The van der Waals surface area contributed by atoms with Crippen molar-refractivity contribution in [2.75, 3.05) is 13.7 Å². The molecule has 1 N–H and O–H groups in total. The van der Waals surface area contributed by atoms with Crippen LogP contribution in [0.4, 0.5) is 0 Å². The summed E-state index contributed by atoms with van der Waals surface area (Å²) in [5.41, 5.74) is 0.479. The first-order valence-corrected chi connectivity index (χ1v) is 7.28. The van der Waals surface area contributed by atoms with Crippen molar-refractivity contribution in [3.63, 3.8) is 0 Å². The van der Waals surface area contributed by atoms with E-state index < -0.39 is 30.0 Å². The van der Waals surface area contributed by atoms with E-state index in [0.29, 0.717) is 17.9 Å². The molecule has 0 radical (unpaired) electrons. The Labute approximate surface area is 140 Å². The summed E-state index contributed by atoms with van der Waals surface area (Å²) in [7, 11) is 1.22. The van der Waals surface area contributed by atoms with Gasteiger partial charge in [-0.2, -0.15) is 0 Å². The maximum Gasteiger partial charge on any atom is 0.333 e. The molecule has 24 heavy (non-hydrogen) atoms.